The zero-order valence-corrected chi connectivity index (χ0v) is 9.29. The van der Waals surface area contributed by atoms with E-state index in [9.17, 15) is 8.78 Å². The van der Waals surface area contributed by atoms with Crippen molar-refractivity contribution in [2.24, 2.45) is 11.7 Å². The Morgan fingerprint density at radius 1 is 1.31 bits per heavy atom. The molecule has 0 aliphatic heterocycles. The lowest BCUT2D eigenvalue weighted by Crippen LogP contribution is -2.41. The molecule has 0 amide bonds. The molecule has 1 aliphatic carbocycles. The van der Waals surface area contributed by atoms with Crippen LogP contribution in [0.2, 0.25) is 0 Å². The van der Waals surface area contributed by atoms with Crippen molar-refractivity contribution in [2.75, 3.05) is 18.5 Å². The summed E-state index contributed by atoms with van der Waals surface area (Å²) >= 11 is 0. The lowest BCUT2D eigenvalue weighted by molar-refractivity contribution is 0.271. The van der Waals surface area contributed by atoms with Crippen LogP contribution in [-0.4, -0.2) is 19.6 Å². The van der Waals surface area contributed by atoms with Gasteiger partial charge < -0.3 is 10.6 Å². The normalized spacial score (nSPS) is 24.0. The molecule has 1 aliphatic rings. The van der Waals surface area contributed by atoms with E-state index in [2.05, 4.69) is 0 Å². The third kappa shape index (κ3) is 2.32. The van der Waals surface area contributed by atoms with E-state index < -0.39 is 11.6 Å². The molecule has 0 unspecified atom stereocenters. The lowest BCUT2D eigenvalue weighted by Gasteiger charge is -2.36. The Morgan fingerprint density at radius 3 is 2.56 bits per heavy atom. The molecule has 1 saturated carbocycles. The zero-order valence-electron chi connectivity index (χ0n) is 9.29. The van der Waals surface area contributed by atoms with E-state index in [-0.39, 0.29) is 0 Å². The van der Waals surface area contributed by atoms with E-state index in [1.54, 1.807) is 6.07 Å². The first-order valence-electron chi connectivity index (χ1n) is 5.48. The second kappa shape index (κ2) is 4.37. The first-order chi connectivity index (χ1) is 7.56. The highest BCUT2D eigenvalue weighted by molar-refractivity contribution is 5.46. The number of nitrogens with two attached hydrogens (primary N) is 1. The quantitative estimate of drug-likeness (QED) is 0.855. The average Bonchev–Trinajstić information content (AvgIpc) is 2.19. The molecule has 0 spiro atoms. The Hall–Kier alpha value is -1.16. The molecule has 0 saturated heterocycles. The van der Waals surface area contributed by atoms with Gasteiger partial charge in [0.1, 0.15) is 0 Å². The zero-order chi connectivity index (χ0) is 11.7. The van der Waals surface area contributed by atoms with Crippen molar-refractivity contribution in [1.29, 1.82) is 0 Å². The summed E-state index contributed by atoms with van der Waals surface area (Å²) in [6.45, 7) is 0.846. The van der Waals surface area contributed by atoms with Crippen LogP contribution in [0.25, 0.3) is 0 Å². The highest BCUT2D eigenvalue weighted by Crippen LogP contribution is 2.28. The first-order valence-corrected chi connectivity index (χ1v) is 5.48. The number of hydrogen-bond donors (Lipinski definition) is 1. The van der Waals surface area contributed by atoms with Crippen molar-refractivity contribution in [3.05, 3.63) is 29.8 Å². The Kier molecular flexibility index (Phi) is 3.10. The minimum Gasteiger partial charge on any atom is -0.374 e. The number of nitrogens with zero attached hydrogens (tertiary/aromatic N) is 1. The van der Waals surface area contributed by atoms with Crippen molar-refractivity contribution in [3.63, 3.8) is 0 Å². The number of anilines is 1. The SMILES string of the molecule is CN(CC1CC(N)C1)c1ccc(F)c(F)c1. The molecule has 0 heterocycles. The van der Waals surface area contributed by atoms with Gasteiger partial charge in [-0.1, -0.05) is 0 Å². The summed E-state index contributed by atoms with van der Waals surface area (Å²) in [4.78, 5) is 1.94. The van der Waals surface area contributed by atoms with Gasteiger partial charge in [-0.2, -0.15) is 0 Å². The molecule has 2 N–H and O–H groups in total. The number of hydrogen-bond acceptors (Lipinski definition) is 2. The van der Waals surface area contributed by atoms with Gasteiger partial charge in [-0.3, -0.25) is 0 Å². The van der Waals surface area contributed by atoms with Gasteiger partial charge in [0.2, 0.25) is 0 Å². The van der Waals surface area contributed by atoms with Crippen LogP contribution in [0.3, 0.4) is 0 Å². The van der Waals surface area contributed by atoms with Gasteiger partial charge in [-0.25, -0.2) is 8.78 Å². The third-order valence-electron chi connectivity index (χ3n) is 3.15. The summed E-state index contributed by atoms with van der Waals surface area (Å²) in [7, 11) is 1.89. The number of rotatable bonds is 3. The van der Waals surface area contributed by atoms with Gasteiger partial charge in [0.15, 0.2) is 11.6 Å². The second-order valence-corrected chi connectivity index (χ2v) is 4.58. The molecule has 0 atom stereocenters. The predicted octanol–water partition coefficient (Wildman–Crippen LogP) is 2.14. The van der Waals surface area contributed by atoms with Crippen molar-refractivity contribution < 1.29 is 8.78 Å². The molecular weight excluding hydrogens is 210 g/mol. The van der Waals surface area contributed by atoms with Crippen LogP contribution >= 0.6 is 0 Å². The highest BCUT2D eigenvalue weighted by atomic mass is 19.2. The van der Waals surface area contributed by atoms with Crippen molar-refractivity contribution in [2.45, 2.75) is 18.9 Å². The fourth-order valence-electron chi connectivity index (χ4n) is 2.15. The lowest BCUT2D eigenvalue weighted by atomic mass is 9.80. The molecular formula is C12H16F2N2. The number of benzene rings is 1. The summed E-state index contributed by atoms with van der Waals surface area (Å²) in [5.41, 5.74) is 6.41. The monoisotopic (exact) mass is 226 g/mol. The van der Waals surface area contributed by atoms with E-state index in [0.29, 0.717) is 17.6 Å². The largest absolute Gasteiger partial charge is 0.374 e. The molecule has 1 fully saturated rings. The van der Waals surface area contributed by atoms with Gasteiger partial charge in [0, 0.05) is 31.4 Å². The average molecular weight is 226 g/mol. The maximum Gasteiger partial charge on any atom is 0.160 e. The van der Waals surface area contributed by atoms with E-state index in [1.807, 2.05) is 11.9 Å². The van der Waals surface area contributed by atoms with Gasteiger partial charge >= 0.3 is 0 Å². The Bertz CT molecular complexity index is 375. The van der Waals surface area contributed by atoms with Crippen LogP contribution in [0.15, 0.2) is 18.2 Å². The molecule has 2 rings (SSSR count). The maximum atomic E-state index is 13.0. The first kappa shape index (κ1) is 11.3. The highest BCUT2D eigenvalue weighted by Gasteiger charge is 2.26. The smallest absolute Gasteiger partial charge is 0.160 e. The van der Waals surface area contributed by atoms with Crippen LogP contribution in [-0.2, 0) is 0 Å². The minimum atomic E-state index is -0.803. The van der Waals surface area contributed by atoms with Gasteiger partial charge in [0.25, 0.3) is 0 Å². The van der Waals surface area contributed by atoms with E-state index >= 15 is 0 Å². The molecule has 88 valence electrons. The number of halogens is 2. The molecule has 4 heteroatoms. The fourth-order valence-corrected chi connectivity index (χ4v) is 2.15. The van der Waals surface area contributed by atoms with E-state index in [0.717, 1.165) is 25.5 Å². The molecule has 0 bridgehead atoms. The van der Waals surface area contributed by atoms with Crippen LogP contribution in [0, 0.1) is 17.6 Å². The fraction of sp³-hybridized carbons (Fsp3) is 0.500. The molecule has 0 radical (unpaired) electrons. The molecule has 1 aromatic rings. The van der Waals surface area contributed by atoms with Gasteiger partial charge in [-0.05, 0) is 30.9 Å². The Labute approximate surface area is 94.0 Å². The molecule has 2 nitrogen and oxygen atoms in total. The van der Waals surface area contributed by atoms with Crippen LogP contribution in [0.1, 0.15) is 12.8 Å². The van der Waals surface area contributed by atoms with Crippen molar-refractivity contribution in [1.82, 2.24) is 0 Å². The summed E-state index contributed by atoms with van der Waals surface area (Å²) in [6, 6.07) is 4.31. The molecule has 1 aromatic carbocycles. The third-order valence-corrected chi connectivity index (χ3v) is 3.15. The standard InChI is InChI=1S/C12H16F2N2/c1-16(7-8-4-9(15)5-8)10-2-3-11(13)12(14)6-10/h2-3,6,8-9H,4-5,7,15H2,1H3. The predicted molar refractivity (Wildman–Crippen MR) is 60.3 cm³/mol. The molecule has 16 heavy (non-hydrogen) atoms. The second-order valence-electron chi connectivity index (χ2n) is 4.58. The van der Waals surface area contributed by atoms with Crippen LogP contribution in [0.5, 0.6) is 0 Å². The minimum absolute atomic E-state index is 0.323. The Balaban J connectivity index is 1.97. The summed E-state index contributed by atoms with van der Waals surface area (Å²) in [5.74, 6) is -1.02. The Morgan fingerprint density at radius 2 is 2.00 bits per heavy atom. The summed E-state index contributed by atoms with van der Waals surface area (Å²) in [5, 5.41) is 0. The van der Waals surface area contributed by atoms with Crippen LogP contribution in [0.4, 0.5) is 14.5 Å². The summed E-state index contributed by atoms with van der Waals surface area (Å²) in [6.07, 6.45) is 2.04. The van der Waals surface area contributed by atoms with Crippen LogP contribution < -0.4 is 10.6 Å². The molecule has 0 aromatic heterocycles. The van der Waals surface area contributed by atoms with E-state index in [4.69, 9.17) is 5.73 Å². The van der Waals surface area contributed by atoms with Crippen molar-refractivity contribution in [3.8, 4) is 0 Å². The topological polar surface area (TPSA) is 29.3 Å². The van der Waals surface area contributed by atoms with Gasteiger partial charge in [0.05, 0.1) is 0 Å². The van der Waals surface area contributed by atoms with Crippen molar-refractivity contribution >= 4 is 5.69 Å². The van der Waals surface area contributed by atoms with E-state index in [1.165, 1.54) is 6.07 Å². The maximum absolute atomic E-state index is 13.0. The summed E-state index contributed by atoms with van der Waals surface area (Å²) < 4.78 is 25.8. The van der Waals surface area contributed by atoms with Gasteiger partial charge in [-0.15, -0.1) is 0 Å².